The number of ketones is 1. The van der Waals surface area contributed by atoms with E-state index in [4.69, 9.17) is 9.47 Å². The van der Waals surface area contributed by atoms with Crippen LogP contribution in [0.5, 0.6) is 0 Å². The number of nitrogens with one attached hydrogen (secondary N) is 1. The molecule has 5 heteroatoms. The lowest BCUT2D eigenvalue weighted by molar-refractivity contribution is -0.140. The molecule has 14 heavy (non-hydrogen) atoms. The fourth-order valence-electron chi connectivity index (χ4n) is 1.13. The van der Waals surface area contributed by atoms with Crippen LogP contribution in [0.25, 0.3) is 0 Å². The first kappa shape index (κ1) is 10.6. The monoisotopic (exact) mass is 199 g/mol. The van der Waals surface area contributed by atoms with Crippen molar-refractivity contribution in [2.24, 2.45) is 0 Å². The van der Waals surface area contributed by atoms with Crippen LogP contribution in [0.4, 0.5) is 0 Å². The minimum absolute atomic E-state index is 0.0376. The Hall–Kier alpha value is -1.52. The molecule has 1 saturated heterocycles. The third-order valence-corrected chi connectivity index (χ3v) is 1.69. The van der Waals surface area contributed by atoms with Crippen molar-refractivity contribution in [2.75, 3.05) is 19.8 Å². The van der Waals surface area contributed by atoms with Gasteiger partial charge >= 0.3 is 5.97 Å². The molecule has 0 spiro atoms. The zero-order valence-corrected chi connectivity index (χ0v) is 8.25. The standard InChI is InChI=1S/C9H13NO4/c1-3-13-9(12)7(6(2)11)8-10-4-5-14-8/h10H,3-5H2,1-2H3. The number of hydrogen-bond acceptors (Lipinski definition) is 5. The second kappa shape index (κ2) is 4.64. The Labute approximate surface area is 82.1 Å². The summed E-state index contributed by atoms with van der Waals surface area (Å²) in [7, 11) is 0. The fourth-order valence-corrected chi connectivity index (χ4v) is 1.13. The quantitative estimate of drug-likeness (QED) is 0.299. The Kier molecular flexibility index (Phi) is 3.50. The SMILES string of the molecule is CCOC(=O)C(C(C)=O)=C1NCCO1. The summed E-state index contributed by atoms with van der Waals surface area (Å²) in [4.78, 5) is 22.5. The van der Waals surface area contributed by atoms with Gasteiger partial charge in [-0.15, -0.1) is 0 Å². The molecular weight excluding hydrogens is 186 g/mol. The molecule has 0 aliphatic carbocycles. The second-order valence-electron chi connectivity index (χ2n) is 2.76. The topological polar surface area (TPSA) is 64.6 Å². The lowest BCUT2D eigenvalue weighted by atomic mass is 10.2. The second-order valence-corrected chi connectivity index (χ2v) is 2.76. The maximum atomic E-state index is 11.4. The van der Waals surface area contributed by atoms with E-state index in [2.05, 4.69) is 5.32 Å². The van der Waals surface area contributed by atoms with Gasteiger partial charge < -0.3 is 14.8 Å². The van der Waals surface area contributed by atoms with Crippen molar-refractivity contribution >= 4 is 11.8 Å². The number of Topliss-reactive ketones (excluding diaryl/α,β-unsaturated/α-hetero) is 1. The van der Waals surface area contributed by atoms with Gasteiger partial charge in [0.2, 0.25) is 5.88 Å². The molecule has 1 N–H and O–H groups in total. The summed E-state index contributed by atoms with van der Waals surface area (Å²) in [5.41, 5.74) is -0.0376. The van der Waals surface area contributed by atoms with Crippen molar-refractivity contribution in [3.05, 3.63) is 11.5 Å². The molecule has 0 atom stereocenters. The highest BCUT2D eigenvalue weighted by molar-refractivity contribution is 6.16. The number of hydrogen-bond donors (Lipinski definition) is 1. The number of rotatable bonds is 3. The minimum atomic E-state index is -0.635. The van der Waals surface area contributed by atoms with Crippen LogP contribution in [-0.4, -0.2) is 31.5 Å². The molecule has 0 radical (unpaired) electrons. The van der Waals surface area contributed by atoms with Crippen LogP contribution in [0.3, 0.4) is 0 Å². The van der Waals surface area contributed by atoms with Crippen LogP contribution < -0.4 is 5.32 Å². The average Bonchev–Trinajstić information content (AvgIpc) is 2.57. The first-order chi connectivity index (χ1) is 6.66. The van der Waals surface area contributed by atoms with E-state index in [0.29, 0.717) is 13.2 Å². The first-order valence-corrected chi connectivity index (χ1v) is 4.45. The molecule has 1 fully saturated rings. The molecular formula is C9H13NO4. The Morgan fingerprint density at radius 1 is 1.57 bits per heavy atom. The zero-order valence-electron chi connectivity index (χ0n) is 8.25. The van der Waals surface area contributed by atoms with Crippen molar-refractivity contribution in [1.29, 1.82) is 0 Å². The Morgan fingerprint density at radius 3 is 2.71 bits per heavy atom. The van der Waals surface area contributed by atoms with Crippen molar-refractivity contribution in [3.8, 4) is 0 Å². The summed E-state index contributed by atoms with van der Waals surface area (Å²) < 4.78 is 9.83. The van der Waals surface area contributed by atoms with Crippen molar-refractivity contribution in [1.82, 2.24) is 5.32 Å². The third-order valence-electron chi connectivity index (χ3n) is 1.69. The fraction of sp³-hybridized carbons (Fsp3) is 0.556. The van der Waals surface area contributed by atoms with Gasteiger partial charge in [-0.05, 0) is 13.8 Å². The van der Waals surface area contributed by atoms with Gasteiger partial charge in [-0.2, -0.15) is 0 Å². The van der Waals surface area contributed by atoms with E-state index in [1.807, 2.05) is 0 Å². The average molecular weight is 199 g/mol. The molecule has 0 saturated carbocycles. The van der Waals surface area contributed by atoms with Gasteiger partial charge in [-0.25, -0.2) is 4.79 Å². The van der Waals surface area contributed by atoms with Gasteiger partial charge in [0.25, 0.3) is 0 Å². The number of ether oxygens (including phenoxy) is 2. The number of esters is 1. The van der Waals surface area contributed by atoms with Crippen LogP contribution in [0.15, 0.2) is 11.5 Å². The molecule has 0 amide bonds. The Morgan fingerprint density at radius 2 is 2.29 bits per heavy atom. The molecule has 0 aromatic carbocycles. The Bertz CT molecular complexity index is 275. The zero-order chi connectivity index (χ0) is 10.6. The van der Waals surface area contributed by atoms with Gasteiger partial charge in [0, 0.05) is 0 Å². The predicted octanol–water partition coefficient (Wildman–Crippen LogP) is -0.0301. The smallest absolute Gasteiger partial charge is 0.347 e. The van der Waals surface area contributed by atoms with Crippen molar-refractivity contribution in [2.45, 2.75) is 13.8 Å². The normalized spacial score (nSPS) is 18.1. The highest BCUT2D eigenvalue weighted by Gasteiger charge is 2.24. The molecule has 5 nitrogen and oxygen atoms in total. The van der Waals surface area contributed by atoms with Gasteiger partial charge in [0.15, 0.2) is 11.4 Å². The molecule has 0 aromatic heterocycles. The Balaban J connectivity index is 2.88. The molecule has 0 aromatic rings. The van der Waals surface area contributed by atoms with E-state index < -0.39 is 5.97 Å². The summed E-state index contributed by atoms with van der Waals surface area (Å²) in [6.07, 6.45) is 0. The van der Waals surface area contributed by atoms with E-state index in [0.717, 1.165) is 0 Å². The van der Waals surface area contributed by atoms with Gasteiger partial charge in [-0.3, -0.25) is 4.79 Å². The van der Waals surface area contributed by atoms with E-state index in [1.54, 1.807) is 6.92 Å². The largest absolute Gasteiger partial charge is 0.477 e. The van der Waals surface area contributed by atoms with E-state index >= 15 is 0 Å². The van der Waals surface area contributed by atoms with Crippen molar-refractivity contribution in [3.63, 3.8) is 0 Å². The molecule has 1 aliphatic heterocycles. The van der Waals surface area contributed by atoms with Crippen LogP contribution in [0.2, 0.25) is 0 Å². The highest BCUT2D eigenvalue weighted by atomic mass is 16.5. The van der Waals surface area contributed by atoms with Crippen molar-refractivity contribution < 1.29 is 19.1 Å². The molecule has 0 unspecified atom stereocenters. The minimum Gasteiger partial charge on any atom is -0.477 e. The van der Waals surface area contributed by atoms with Crippen LogP contribution >= 0.6 is 0 Å². The summed E-state index contributed by atoms with van der Waals surface area (Å²) in [5.74, 6) is -0.756. The lowest BCUT2D eigenvalue weighted by Crippen LogP contribution is -2.20. The molecule has 1 rings (SSSR count). The van der Waals surface area contributed by atoms with E-state index in [-0.39, 0.29) is 23.8 Å². The summed E-state index contributed by atoms with van der Waals surface area (Å²) >= 11 is 0. The summed E-state index contributed by atoms with van der Waals surface area (Å²) in [5, 5.41) is 2.81. The molecule has 1 heterocycles. The first-order valence-electron chi connectivity index (χ1n) is 4.45. The van der Waals surface area contributed by atoms with Crippen LogP contribution in [0, 0.1) is 0 Å². The maximum Gasteiger partial charge on any atom is 0.347 e. The number of carbonyl (C=O) groups excluding carboxylic acids is 2. The van der Waals surface area contributed by atoms with E-state index in [9.17, 15) is 9.59 Å². The van der Waals surface area contributed by atoms with Crippen LogP contribution in [0.1, 0.15) is 13.8 Å². The summed E-state index contributed by atoms with van der Waals surface area (Å²) in [6.45, 7) is 4.30. The summed E-state index contributed by atoms with van der Waals surface area (Å²) in [6, 6.07) is 0. The molecule has 0 bridgehead atoms. The molecule has 78 valence electrons. The third kappa shape index (κ3) is 2.25. The van der Waals surface area contributed by atoms with Gasteiger partial charge in [0.05, 0.1) is 13.2 Å². The van der Waals surface area contributed by atoms with Crippen LogP contribution in [-0.2, 0) is 19.1 Å². The maximum absolute atomic E-state index is 11.4. The lowest BCUT2D eigenvalue weighted by Gasteiger charge is -2.06. The highest BCUT2D eigenvalue weighted by Crippen LogP contribution is 2.10. The number of carbonyl (C=O) groups is 2. The molecule has 1 aliphatic rings. The van der Waals surface area contributed by atoms with Gasteiger partial charge in [0.1, 0.15) is 6.61 Å². The van der Waals surface area contributed by atoms with Gasteiger partial charge in [-0.1, -0.05) is 0 Å². The predicted molar refractivity (Wildman–Crippen MR) is 48.3 cm³/mol. The van der Waals surface area contributed by atoms with E-state index in [1.165, 1.54) is 6.92 Å².